The second-order valence-corrected chi connectivity index (χ2v) is 15.3. The molecule has 1 unspecified atom stereocenters. The van der Waals surface area contributed by atoms with E-state index < -0.39 is 62.0 Å². The fraction of sp³-hybridized carbons (Fsp3) is 0.500. The van der Waals surface area contributed by atoms with Crippen molar-refractivity contribution in [2.75, 3.05) is 5.75 Å². The summed E-state index contributed by atoms with van der Waals surface area (Å²) >= 11 is 12.3. The van der Waals surface area contributed by atoms with Gasteiger partial charge in [-0.3, -0.25) is 9.59 Å². The number of carbonyl (C=O) groups excluding carboxylic acids is 1. The number of carbonyl (C=O) groups is 2. The van der Waals surface area contributed by atoms with Gasteiger partial charge in [0.15, 0.2) is 15.4 Å². The fourth-order valence-electron chi connectivity index (χ4n) is 5.42. The summed E-state index contributed by atoms with van der Waals surface area (Å²) in [5, 5.41) is 10.2. The van der Waals surface area contributed by atoms with Crippen LogP contribution in [0.25, 0.3) is 0 Å². The van der Waals surface area contributed by atoms with Gasteiger partial charge in [0.2, 0.25) is 0 Å². The first-order valence-electron chi connectivity index (χ1n) is 12.8. The molecule has 1 N–H and O–H groups in total. The Hall–Kier alpha value is -2.20. The second kappa shape index (κ2) is 9.72. The first-order chi connectivity index (χ1) is 18.2. The second-order valence-electron chi connectivity index (χ2n) is 11.7. The molecule has 2 aromatic carbocycles. The molecule has 1 spiro atoms. The fourth-order valence-corrected chi connectivity index (χ4v) is 7.12. The molecule has 3 fully saturated rings. The molecule has 1 saturated heterocycles. The van der Waals surface area contributed by atoms with Gasteiger partial charge in [0.1, 0.15) is 11.9 Å². The van der Waals surface area contributed by atoms with Crippen LogP contribution in [0.15, 0.2) is 42.5 Å². The van der Waals surface area contributed by atoms with Crippen molar-refractivity contribution in [1.29, 1.82) is 0 Å². The van der Waals surface area contributed by atoms with Crippen molar-refractivity contribution < 1.29 is 32.2 Å². The maximum Gasteiger partial charge on any atom is 0.310 e. The van der Waals surface area contributed by atoms with E-state index in [0.29, 0.717) is 16.1 Å². The highest BCUT2D eigenvalue weighted by Crippen LogP contribution is 2.59. The first kappa shape index (κ1) is 28.3. The van der Waals surface area contributed by atoms with Gasteiger partial charge in [-0.1, -0.05) is 41.4 Å². The molecular weight excluding hydrogens is 568 g/mol. The van der Waals surface area contributed by atoms with Crippen LogP contribution in [0.4, 0.5) is 4.39 Å². The summed E-state index contributed by atoms with van der Waals surface area (Å²) in [6, 6.07) is 9.33. The lowest BCUT2D eigenvalue weighted by Gasteiger charge is -2.49. The summed E-state index contributed by atoms with van der Waals surface area (Å²) in [4.78, 5) is 27.9. The van der Waals surface area contributed by atoms with E-state index in [0.717, 1.165) is 12.8 Å². The van der Waals surface area contributed by atoms with Crippen LogP contribution in [0.3, 0.4) is 0 Å². The van der Waals surface area contributed by atoms with Crippen molar-refractivity contribution in [2.24, 2.45) is 11.8 Å². The van der Waals surface area contributed by atoms with Crippen LogP contribution >= 0.6 is 23.2 Å². The Labute approximate surface area is 237 Å². The zero-order valence-electron chi connectivity index (χ0n) is 21.7. The van der Waals surface area contributed by atoms with Gasteiger partial charge in [-0.15, -0.1) is 0 Å². The smallest absolute Gasteiger partial charge is 0.310 e. The molecule has 5 rings (SSSR count). The minimum absolute atomic E-state index is 0.0418. The van der Waals surface area contributed by atoms with Gasteiger partial charge in [-0.05, 0) is 74.9 Å². The molecule has 3 aliphatic rings. The van der Waals surface area contributed by atoms with Crippen LogP contribution in [0.1, 0.15) is 63.3 Å². The maximum absolute atomic E-state index is 14.3. The number of rotatable bonds is 7. The molecule has 5 atom stereocenters. The van der Waals surface area contributed by atoms with Gasteiger partial charge in [0, 0.05) is 17.5 Å². The normalized spacial score (nSPS) is 28.0. The first-order valence-corrected chi connectivity index (χ1v) is 15.2. The van der Waals surface area contributed by atoms with E-state index in [-0.39, 0.29) is 23.1 Å². The SMILES string of the molecule is CC(C)(C)S(=O)(=O)C[C@H](C1CC1)N1C(=O)C2(C[C@H]2C(=O)O)O[C@H](c2ccc(F)c(Cl)c2)[C@H]1c1ccc(Cl)cc1. The molecule has 0 aromatic heterocycles. The molecule has 0 bridgehead atoms. The quantitative estimate of drug-likeness (QED) is 0.445. The average molecular weight is 599 g/mol. The molecule has 7 nitrogen and oxygen atoms in total. The van der Waals surface area contributed by atoms with E-state index in [2.05, 4.69) is 0 Å². The van der Waals surface area contributed by atoms with Crippen molar-refractivity contribution in [3.8, 4) is 0 Å². The zero-order chi connectivity index (χ0) is 28.5. The number of amides is 1. The van der Waals surface area contributed by atoms with Crippen LogP contribution in [0.2, 0.25) is 10.0 Å². The summed E-state index contributed by atoms with van der Waals surface area (Å²) in [5.41, 5.74) is -0.583. The van der Waals surface area contributed by atoms with E-state index in [1.165, 1.54) is 18.2 Å². The Morgan fingerprint density at radius 3 is 2.28 bits per heavy atom. The Balaban J connectivity index is 1.70. The Kier molecular flexibility index (Phi) is 7.06. The van der Waals surface area contributed by atoms with E-state index in [1.54, 1.807) is 49.9 Å². The number of morpholine rings is 1. The van der Waals surface area contributed by atoms with Crippen LogP contribution in [-0.4, -0.2) is 52.4 Å². The Bertz CT molecular complexity index is 1420. The summed E-state index contributed by atoms with van der Waals surface area (Å²) in [5.74, 6) is -3.79. The standard InChI is InChI=1S/C28H30Cl2FNO6S/c1-27(2,3)39(36,37)14-22(15-4-5-15)32-23(16-6-9-18(29)10-7-16)24(17-8-11-21(31)20(30)12-17)38-28(26(32)35)13-19(28)25(33)34/h6-12,15,19,22-24H,4-5,13-14H2,1-3H3,(H,33,34)/t19-,22+,23+,24+,28?/m0/s1. The van der Waals surface area contributed by atoms with E-state index in [4.69, 9.17) is 27.9 Å². The molecule has 11 heteroatoms. The molecular formula is C28H30Cl2FNO6S. The highest BCUT2D eigenvalue weighted by molar-refractivity contribution is 7.92. The van der Waals surface area contributed by atoms with Crippen molar-refractivity contribution in [1.82, 2.24) is 4.90 Å². The number of halogens is 3. The van der Waals surface area contributed by atoms with E-state index in [1.807, 2.05) is 0 Å². The summed E-state index contributed by atoms with van der Waals surface area (Å²) < 4.78 is 46.4. The van der Waals surface area contributed by atoms with Gasteiger partial charge >= 0.3 is 5.97 Å². The highest BCUT2D eigenvalue weighted by atomic mass is 35.5. The van der Waals surface area contributed by atoms with Crippen LogP contribution < -0.4 is 0 Å². The summed E-state index contributed by atoms with van der Waals surface area (Å²) in [6.45, 7) is 4.86. The molecule has 39 heavy (non-hydrogen) atoms. The third-order valence-electron chi connectivity index (χ3n) is 8.06. The third-order valence-corrected chi connectivity index (χ3v) is 11.2. The molecule has 210 valence electrons. The van der Waals surface area contributed by atoms with Gasteiger partial charge in [0.25, 0.3) is 5.91 Å². The lowest BCUT2D eigenvalue weighted by molar-refractivity contribution is -0.190. The molecule has 2 aromatic rings. The topological polar surface area (TPSA) is 101 Å². The number of ether oxygens (including phenoxy) is 1. The Morgan fingerprint density at radius 2 is 1.77 bits per heavy atom. The summed E-state index contributed by atoms with van der Waals surface area (Å²) in [7, 11) is -3.67. The van der Waals surface area contributed by atoms with E-state index in [9.17, 15) is 27.5 Å². The minimum atomic E-state index is -3.67. The summed E-state index contributed by atoms with van der Waals surface area (Å²) in [6.07, 6.45) is 0.500. The maximum atomic E-state index is 14.3. The molecule has 0 radical (unpaired) electrons. The lowest BCUT2D eigenvalue weighted by Crippen LogP contribution is -2.59. The van der Waals surface area contributed by atoms with Crippen LogP contribution in [0, 0.1) is 17.7 Å². The highest BCUT2D eigenvalue weighted by Gasteiger charge is 2.72. The minimum Gasteiger partial charge on any atom is -0.481 e. The molecule has 1 aliphatic heterocycles. The van der Waals surface area contributed by atoms with Crippen molar-refractivity contribution in [2.45, 2.75) is 68.6 Å². The molecule has 2 aliphatic carbocycles. The van der Waals surface area contributed by atoms with Crippen molar-refractivity contribution in [3.05, 3.63) is 69.5 Å². The number of hydrogen-bond acceptors (Lipinski definition) is 5. The van der Waals surface area contributed by atoms with Gasteiger partial charge in [0.05, 0.1) is 27.5 Å². The zero-order valence-corrected chi connectivity index (χ0v) is 24.1. The average Bonchev–Trinajstić information content (AvgIpc) is 3.76. The molecule has 1 amide bonds. The number of benzene rings is 2. The molecule has 2 saturated carbocycles. The number of carboxylic acid groups (broad SMARTS) is 1. The number of carboxylic acids is 1. The van der Waals surface area contributed by atoms with Crippen molar-refractivity contribution >= 4 is 44.9 Å². The van der Waals surface area contributed by atoms with Gasteiger partial charge in [-0.25, -0.2) is 12.8 Å². The predicted octanol–water partition coefficient (Wildman–Crippen LogP) is 5.61. The number of aliphatic carboxylic acids is 1. The largest absolute Gasteiger partial charge is 0.481 e. The van der Waals surface area contributed by atoms with Crippen LogP contribution in [0.5, 0.6) is 0 Å². The Morgan fingerprint density at radius 1 is 1.15 bits per heavy atom. The monoisotopic (exact) mass is 597 g/mol. The van der Waals surface area contributed by atoms with Crippen molar-refractivity contribution in [3.63, 3.8) is 0 Å². The molecule has 1 heterocycles. The third kappa shape index (κ3) is 5.07. The van der Waals surface area contributed by atoms with Crippen LogP contribution in [-0.2, 0) is 24.2 Å². The van der Waals surface area contributed by atoms with E-state index >= 15 is 0 Å². The predicted molar refractivity (Wildman–Crippen MR) is 145 cm³/mol. The number of nitrogens with zero attached hydrogens (tertiary/aromatic N) is 1. The van der Waals surface area contributed by atoms with Gasteiger partial charge in [-0.2, -0.15) is 0 Å². The number of sulfone groups is 1. The van der Waals surface area contributed by atoms with Gasteiger partial charge < -0.3 is 14.7 Å². The number of hydrogen-bond donors (Lipinski definition) is 1. The lowest BCUT2D eigenvalue weighted by atomic mass is 9.89.